The molecule has 0 bridgehead atoms. The number of benzene rings is 1. The van der Waals surface area contributed by atoms with Crippen molar-refractivity contribution in [2.75, 3.05) is 27.7 Å². The first kappa shape index (κ1) is 18.1. The van der Waals surface area contributed by atoms with Crippen LogP contribution in [0.5, 0.6) is 5.75 Å². The molecule has 0 aromatic heterocycles. The maximum Gasteiger partial charge on any atom is 0.302 e. The van der Waals surface area contributed by atoms with Crippen molar-refractivity contribution in [1.29, 1.82) is 0 Å². The molecule has 0 aliphatic rings. The number of hydrogen-bond acceptors (Lipinski definition) is 4. The van der Waals surface area contributed by atoms with Crippen LogP contribution < -0.4 is 4.74 Å². The summed E-state index contributed by atoms with van der Waals surface area (Å²) in [6, 6.07) is 7.48. The number of nitrogens with zero attached hydrogens (tertiary/aromatic N) is 1. The predicted octanol–water partition coefficient (Wildman–Crippen LogP) is 2.65. The largest absolute Gasteiger partial charge is 0.497 e. The molecule has 5 nitrogen and oxygen atoms in total. The van der Waals surface area contributed by atoms with E-state index in [0.29, 0.717) is 12.2 Å². The quantitative estimate of drug-likeness (QED) is 0.747. The Morgan fingerprint density at radius 3 is 2.57 bits per heavy atom. The summed E-state index contributed by atoms with van der Waals surface area (Å²) in [5, 5.41) is 0. The van der Waals surface area contributed by atoms with Crippen molar-refractivity contribution in [2.24, 2.45) is 5.92 Å². The minimum atomic E-state index is -2.34. The Morgan fingerprint density at radius 1 is 1.43 bits per heavy atom. The minimum absolute atomic E-state index is 0.0284. The highest BCUT2D eigenvalue weighted by Crippen LogP contribution is 2.39. The van der Waals surface area contributed by atoms with E-state index in [4.69, 9.17) is 8.92 Å². The Morgan fingerprint density at radius 2 is 2.10 bits per heavy atom. The highest BCUT2D eigenvalue weighted by atomic mass is 32.2. The molecule has 0 amide bonds. The molecule has 3 atom stereocenters. The van der Waals surface area contributed by atoms with Crippen LogP contribution in [0.15, 0.2) is 24.3 Å². The summed E-state index contributed by atoms with van der Waals surface area (Å²) in [6.45, 7) is 4.72. The van der Waals surface area contributed by atoms with Gasteiger partial charge in [0.05, 0.1) is 7.11 Å². The van der Waals surface area contributed by atoms with Gasteiger partial charge < -0.3 is 9.64 Å². The Bertz CT molecular complexity index is 480. The summed E-state index contributed by atoms with van der Waals surface area (Å²) >= 11 is -2.34. The van der Waals surface area contributed by atoms with Crippen molar-refractivity contribution >= 4 is 11.4 Å². The normalized spacial score (nSPS) is 17.3. The van der Waals surface area contributed by atoms with Gasteiger partial charge in [0, 0.05) is 12.5 Å². The second-order valence-electron chi connectivity index (χ2n) is 5.44. The lowest BCUT2D eigenvalue weighted by molar-refractivity contribution is 0.00116. The van der Waals surface area contributed by atoms with Crippen LogP contribution in [0.2, 0.25) is 0 Å². The first-order valence-electron chi connectivity index (χ1n) is 6.95. The van der Waals surface area contributed by atoms with Crippen molar-refractivity contribution in [3.05, 3.63) is 29.8 Å². The summed E-state index contributed by atoms with van der Waals surface area (Å²) in [6.07, 6.45) is 0.585. The van der Waals surface area contributed by atoms with Crippen LogP contribution in [0.25, 0.3) is 0 Å². The van der Waals surface area contributed by atoms with Gasteiger partial charge in [-0.3, -0.25) is 8.74 Å². The average molecular weight is 315 g/mol. The minimum Gasteiger partial charge on any atom is -0.497 e. The van der Waals surface area contributed by atoms with E-state index >= 15 is 0 Å². The van der Waals surface area contributed by atoms with Gasteiger partial charge in [-0.2, -0.15) is 4.21 Å². The van der Waals surface area contributed by atoms with E-state index in [-0.39, 0.29) is 5.92 Å². The molecular formula is C15H25NO4S. The fraction of sp³-hybridized carbons (Fsp3) is 0.600. The number of methoxy groups -OCH3 is 1. The second kappa shape index (κ2) is 7.89. The van der Waals surface area contributed by atoms with E-state index in [1.165, 1.54) is 0 Å². The Kier molecular flexibility index (Phi) is 6.80. The summed E-state index contributed by atoms with van der Waals surface area (Å²) in [5.41, 5.74) is 0.0133. The zero-order chi connectivity index (χ0) is 16.0. The van der Waals surface area contributed by atoms with Gasteiger partial charge in [-0.15, -0.1) is 0 Å². The monoisotopic (exact) mass is 315 g/mol. The molecule has 21 heavy (non-hydrogen) atoms. The summed E-state index contributed by atoms with van der Waals surface area (Å²) in [4.78, 5) is 2.04. The van der Waals surface area contributed by atoms with Gasteiger partial charge in [-0.25, -0.2) is 0 Å². The first-order valence-corrected chi connectivity index (χ1v) is 7.98. The predicted molar refractivity (Wildman–Crippen MR) is 84.5 cm³/mol. The first-order chi connectivity index (χ1) is 9.85. The van der Waals surface area contributed by atoms with E-state index in [0.717, 1.165) is 12.1 Å². The van der Waals surface area contributed by atoms with E-state index in [1.54, 1.807) is 7.11 Å². The van der Waals surface area contributed by atoms with Crippen LogP contribution in [0.1, 0.15) is 25.8 Å². The van der Waals surface area contributed by atoms with Crippen molar-refractivity contribution in [3.8, 4) is 5.75 Å². The van der Waals surface area contributed by atoms with E-state index in [1.807, 2.05) is 57.1 Å². The van der Waals surface area contributed by atoms with E-state index < -0.39 is 17.0 Å². The highest BCUT2D eigenvalue weighted by Gasteiger charge is 2.40. The SMILES string of the molecule is CC[C@](OS(=O)O)(c1cccc(OC)c1)[C@@H](C)CN(C)C. The molecule has 0 spiro atoms. The number of hydrogen-bond donors (Lipinski definition) is 1. The lowest BCUT2D eigenvalue weighted by atomic mass is 9.80. The smallest absolute Gasteiger partial charge is 0.302 e. The van der Waals surface area contributed by atoms with Crippen LogP contribution in [-0.2, 0) is 21.1 Å². The Balaban J connectivity index is 3.30. The lowest BCUT2D eigenvalue weighted by Crippen LogP contribution is -2.41. The molecule has 120 valence electrons. The third-order valence-corrected chi connectivity index (χ3v) is 4.18. The summed E-state index contributed by atoms with van der Waals surface area (Å²) < 4.78 is 31.4. The highest BCUT2D eigenvalue weighted by molar-refractivity contribution is 7.74. The van der Waals surface area contributed by atoms with Crippen molar-refractivity contribution in [2.45, 2.75) is 25.9 Å². The topological polar surface area (TPSA) is 59.0 Å². The van der Waals surface area contributed by atoms with Gasteiger partial charge in [-0.1, -0.05) is 26.0 Å². The van der Waals surface area contributed by atoms with Crippen molar-refractivity contribution < 1.29 is 17.7 Å². The molecule has 0 aliphatic heterocycles. The third-order valence-electron chi connectivity index (χ3n) is 3.74. The molecule has 6 heteroatoms. The lowest BCUT2D eigenvalue weighted by Gasteiger charge is -2.38. The van der Waals surface area contributed by atoms with Crippen LogP contribution in [0.3, 0.4) is 0 Å². The van der Waals surface area contributed by atoms with Gasteiger partial charge in [0.15, 0.2) is 0 Å². The maximum absolute atomic E-state index is 11.3. The number of ether oxygens (including phenoxy) is 1. The molecule has 0 radical (unpaired) electrons. The molecule has 0 fully saturated rings. The van der Waals surface area contributed by atoms with Crippen LogP contribution in [0.4, 0.5) is 0 Å². The van der Waals surface area contributed by atoms with Crippen LogP contribution >= 0.6 is 0 Å². The van der Waals surface area contributed by atoms with E-state index in [9.17, 15) is 8.76 Å². The van der Waals surface area contributed by atoms with Crippen molar-refractivity contribution in [1.82, 2.24) is 4.90 Å². The van der Waals surface area contributed by atoms with Gasteiger partial charge in [0.1, 0.15) is 11.4 Å². The molecule has 0 saturated heterocycles. The van der Waals surface area contributed by atoms with Crippen molar-refractivity contribution in [3.63, 3.8) is 0 Å². The van der Waals surface area contributed by atoms with Crippen LogP contribution in [0, 0.1) is 5.92 Å². The van der Waals surface area contributed by atoms with Gasteiger partial charge in [-0.05, 0) is 38.2 Å². The second-order valence-corrected chi connectivity index (χ2v) is 6.04. The average Bonchev–Trinajstić information content (AvgIpc) is 2.43. The van der Waals surface area contributed by atoms with Gasteiger partial charge >= 0.3 is 11.4 Å². The molecule has 0 saturated carbocycles. The standard InChI is InChI=1S/C15H25NO4S/c1-6-15(20-21(17)18,12(2)11-16(3)4)13-8-7-9-14(10-13)19-5/h7-10,12H,6,11H2,1-5H3,(H,17,18)/t12-,15+/m0/s1. The fourth-order valence-corrected chi connectivity index (χ4v) is 3.37. The Hall–Kier alpha value is -0.950. The zero-order valence-electron chi connectivity index (χ0n) is 13.3. The third kappa shape index (κ3) is 4.51. The number of rotatable bonds is 8. The molecule has 1 aromatic rings. The molecule has 0 heterocycles. The summed E-state index contributed by atoms with van der Waals surface area (Å²) in [5.74, 6) is 0.732. The molecular weight excluding hydrogens is 290 g/mol. The fourth-order valence-electron chi connectivity index (χ4n) is 2.73. The molecule has 0 aliphatic carbocycles. The zero-order valence-corrected chi connectivity index (χ0v) is 14.1. The maximum atomic E-state index is 11.3. The molecule has 1 N–H and O–H groups in total. The van der Waals surface area contributed by atoms with E-state index in [2.05, 4.69) is 0 Å². The van der Waals surface area contributed by atoms with Gasteiger partial charge in [0.2, 0.25) is 0 Å². The molecule has 1 rings (SSSR count). The van der Waals surface area contributed by atoms with Gasteiger partial charge in [0.25, 0.3) is 0 Å². The van der Waals surface area contributed by atoms with Crippen LogP contribution in [-0.4, -0.2) is 41.4 Å². The summed E-state index contributed by atoms with van der Waals surface area (Å²) in [7, 11) is 5.54. The Labute approximate surface area is 129 Å². The molecule has 1 unspecified atom stereocenters. The molecule has 1 aromatic carbocycles.